The number of carbonyl (C=O) groups is 3. The van der Waals surface area contributed by atoms with Crippen LogP contribution in [0.5, 0.6) is 0 Å². The van der Waals surface area contributed by atoms with Gasteiger partial charge in [-0.25, -0.2) is 4.39 Å². The lowest BCUT2D eigenvalue weighted by Crippen LogP contribution is -2.40. The van der Waals surface area contributed by atoms with E-state index in [9.17, 15) is 18.8 Å². The molecule has 2 rings (SSSR count). The molecule has 1 heterocycles. The molecule has 0 saturated carbocycles. The van der Waals surface area contributed by atoms with Gasteiger partial charge in [-0.15, -0.1) is 0 Å². The number of nitrogens with zero attached hydrogens (tertiary/aromatic N) is 1. The van der Waals surface area contributed by atoms with Crippen molar-refractivity contribution >= 4 is 29.4 Å². The second-order valence-corrected chi connectivity index (χ2v) is 6.05. The van der Waals surface area contributed by atoms with Gasteiger partial charge in [0.05, 0.1) is 25.8 Å². The maximum atomic E-state index is 13.6. The monoisotopic (exact) mass is 396 g/mol. The average molecular weight is 397 g/mol. The summed E-state index contributed by atoms with van der Waals surface area (Å²) in [5.41, 5.74) is 0.00211. The van der Waals surface area contributed by atoms with E-state index in [1.54, 1.807) is 12.1 Å². The first-order valence-corrected chi connectivity index (χ1v) is 8.36. The Balaban J connectivity index is 1.73. The van der Waals surface area contributed by atoms with E-state index in [1.807, 2.05) is 0 Å². The zero-order chi connectivity index (χ0) is 19.8. The number of carbonyl (C=O) groups excluding carboxylic acids is 3. The Morgan fingerprint density at radius 3 is 2.70 bits per heavy atom. The van der Waals surface area contributed by atoms with Gasteiger partial charge in [-0.3, -0.25) is 14.4 Å². The number of hydrogen-bond donors (Lipinski definition) is 1. The fraction of sp³-hybridized carbons (Fsp3) is 0.278. The molecule has 1 aromatic heterocycles. The second kappa shape index (κ2) is 9.72. The molecule has 7 nitrogen and oxygen atoms in total. The van der Waals surface area contributed by atoms with E-state index in [0.717, 1.165) is 4.90 Å². The van der Waals surface area contributed by atoms with Gasteiger partial charge in [0.15, 0.2) is 6.61 Å². The fourth-order valence-electron chi connectivity index (χ4n) is 2.11. The van der Waals surface area contributed by atoms with Gasteiger partial charge in [-0.1, -0.05) is 17.7 Å². The molecule has 0 aliphatic carbocycles. The number of benzene rings is 1. The largest absolute Gasteiger partial charge is 0.467 e. The zero-order valence-electron chi connectivity index (χ0n) is 14.5. The molecule has 144 valence electrons. The minimum atomic E-state index is -0.800. The maximum absolute atomic E-state index is 13.6. The Hall–Kier alpha value is -2.87. The van der Waals surface area contributed by atoms with Crippen LogP contribution < -0.4 is 5.32 Å². The van der Waals surface area contributed by atoms with E-state index >= 15 is 0 Å². The van der Waals surface area contributed by atoms with Gasteiger partial charge in [0.2, 0.25) is 5.91 Å². The summed E-state index contributed by atoms with van der Waals surface area (Å²) in [7, 11) is 1.40. The summed E-state index contributed by atoms with van der Waals surface area (Å²) in [4.78, 5) is 36.7. The molecule has 0 radical (unpaired) electrons. The van der Waals surface area contributed by atoms with E-state index in [4.69, 9.17) is 20.8 Å². The van der Waals surface area contributed by atoms with Crippen molar-refractivity contribution in [1.29, 1.82) is 0 Å². The second-order valence-electron chi connectivity index (χ2n) is 5.64. The highest BCUT2D eigenvalue weighted by atomic mass is 35.5. The summed E-state index contributed by atoms with van der Waals surface area (Å²) in [6, 6.07) is 7.45. The first-order chi connectivity index (χ1) is 12.9. The van der Waals surface area contributed by atoms with E-state index in [0.29, 0.717) is 5.76 Å². The number of hydrogen-bond acceptors (Lipinski definition) is 5. The van der Waals surface area contributed by atoms with Gasteiger partial charge in [0.25, 0.3) is 5.91 Å². The summed E-state index contributed by atoms with van der Waals surface area (Å²) < 4.78 is 23.6. The third-order valence-corrected chi connectivity index (χ3v) is 3.94. The molecule has 0 fully saturated rings. The number of esters is 1. The minimum Gasteiger partial charge on any atom is -0.467 e. The van der Waals surface area contributed by atoms with Crippen molar-refractivity contribution < 1.29 is 27.9 Å². The lowest BCUT2D eigenvalue weighted by molar-refractivity contribution is -0.151. The van der Waals surface area contributed by atoms with E-state index in [1.165, 1.54) is 31.5 Å². The first kappa shape index (κ1) is 20.4. The molecule has 2 aromatic rings. The minimum absolute atomic E-state index is 0.00211. The number of likely N-dealkylation sites (N-methyl/N-ethyl adjacent to an activating group) is 1. The fourth-order valence-corrected chi connectivity index (χ4v) is 2.34. The molecule has 1 aromatic carbocycles. The Bertz CT molecular complexity index is 790. The quantitative estimate of drug-likeness (QED) is 0.689. The molecule has 0 saturated heterocycles. The average Bonchev–Trinajstić information content (AvgIpc) is 3.14. The van der Waals surface area contributed by atoms with Crippen LogP contribution >= 0.6 is 11.6 Å². The smallest absolute Gasteiger partial charge is 0.310 e. The van der Waals surface area contributed by atoms with Crippen LogP contribution in [-0.2, 0) is 32.1 Å². The van der Waals surface area contributed by atoms with Crippen molar-refractivity contribution in [2.45, 2.75) is 13.0 Å². The number of furan rings is 1. The van der Waals surface area contributed by atoms with Crippen LogP contribution in [0.3, 0.4) is 0 Å². The van der Waals surface area contributed by atoms with Crippen LogP contribution in [0, 0.1) is 5.82 Å². The topological polar surface area (TPSA) is 88.8 Å². The van der Waals surface area contributed by atoms with Crippen LogP contribution in [0.15, 0.2) is 41.0 Å². The van der Waals surface area contributed by atoms with Crippen molar-refractivity contribution in [3.63, 3.8) is 0 Å². The molecule has 27 heavy (non-hydrogen) atoms. The van der Waals surface area contributed by atoms with E-state index in [2.05, 4.69) is 5.32 Å². The summed E-state index contributed by atoms with van der Waals surface area (Å²) in [6.45, 7) is -0.574. The summed E-state index contributed by atoms with van der Waals surface area (Å²) in [6.07, 6.45) is 1.09. The van der Waals surface area contributed by atoms with Crippen LogP contribution in [-0.4, -0.2) is 42.9 Å². The Labute approximate surface area is 160 Å². The molecule has 2 amide bonds. The van der Waals surface area contributed by atoms with Crippen LogP contribution in [0.2, 0.25) is 5.02 Å². The molecule has 0 aliphatic heterocycles. The van der Waals surface area contributed by atoms with Crippen molar-refractivity contribution in [2.75, 3.05) is 20.2 Å². The first-order valence-electron chi connectivity index (χ1n) is 7.98. The van der Waals surface area contributed by atoms with Gasteiger partial charge < -0.3 is 19.4 Å². The molecule has 0 unspecified atom stereocenters. The summed E-state index contributed by atoms with van der Waals surface area (Å²) in [5, 5.41) is 2.69. The molecule has 1 N–H and O–H groups in total. The number of halogens is 2. The van der Waals surface area contributed by atoms with Crippen molar-refractivity contribution in [3.05, 3.63) is 58.8 Å². The van der Waals surface area contributed by atoms with Crippen molar-refractivity contribution in [1.82, 2.24) is 10.2 Å². The lowest BCUT2D eigenvalue weighted by Gasteiger charge is -2.16. The number of ether oxygens (including phenoxy) is 1. The third kappa shape index (κ3) is 6.41. The normalized spacial score (nSPS) is 10.3. The van der Waals surface area contributed by atoms with Crippen molar-refractivity contribution in [3.8, 4) is 0 Å². The van der Waals surface area contributed by atoms with Crippen molar-refractivity contribution in [2.24, 2.45) is 0 Å². The van der Waals surface area contributed by atoms with E-state index < -0.39 is 36.6 Å². The standard InChI is InChI=1S/C18H18ClFN2O5/c1-22(10-16(23)21-9-12-4-3-7-26-12)17(24)11-27-18(25)8-13-14(19)5-2-6-15(13)20/h2-7H,8-11H2,1H3,(H,21,23). The lowest BCUT2D eigenvalue weighted by atomic mass is 10.1. The predicted octanol–water partition coefficient (Wildman–Crippen LogP) is 1.93. The van der Waals surface area contributed by atoms with Gasteiger partial charge in [0.1, 0.15) is 11.6 Å². The molecular formula is C18H18ClFN2O5. The van der Waals surface area contributed by atoms with Crippen LogP contribution in [0.25, 0.3) is 0 Å². The number of amides is 2. The molecule has 9 heteroatoms. The number of nitrogens with one attached hydrogen (secondary N) is 1. The zero-order valence-corrected chi connectivity index (χ0v) is 15.3. The Morgan fingerprint density at radius 1 is 1.26 bits per heavy atom. The summed E-state index contributed by atoms with van der Waals surface area (Å²) in [5.74, 6) is -1.82. The molecular weight excluding hydrogens is 379 g/mol. The van der Waals surface area contributed by atoms with E-state index in [-0.39, 0.29) is 23.7 Å². The summed E-state index contributed by atoms with van der Waals surface area (Å²) >= 11 is 5.84. The highest BCUT2D eigenvalue weighted by Gasteiger charge is 2.17. The van der Waals surface area contributed by atoms with Gasteiger partial charge in [-0.05, 0) is 24.3 Å². The van der Waals surface area contributed by atoms with Crippen LogP contribution in [0.4, 0.5) is 4.39 Å². The molecule has 0 aliphatic rings. The molecule has 0 bridgehead atoms. The predicted molar refractivity (Wildman–Crippen MR) is 94.3 cm³/mol. The van der Waals surface area contributed by atoms with Gasteiger partial charge in [0, 0.05) is 17.6 Å². The maximum Gasteiger partial charge on any atom is 0.310 e. The molecule has 0 atom stereocenters. The number of rotatable bonds is 8. The Kier molecular flexibility index (Phi) is 7.36. The Morgan fingerprint density at radius 2 is 2.04 bits per heavy atom. The van der Waals surface area contributed by atoms with Gasteiger partial charge >= 0.3 is 5.97 Å². The highest BCUT2D eigenvalue weighted by molar-refractivity contribution is 6.31. The van der Waals surface area contributed by atoms with Gasteiger partial charge in [-0.2, -0.15) is 0 Å². The highest BCUT2D eigenvalue weighted by Crippen LogP contribution is 2.19. The third-order valence-electron chi connectivity index (χ3n) is 3.59. The van der Waals surface area contributed by atoms with Crippen LogP contribution in [0.1, 0.15) is 11.3 Å². The molecule has 0 spiro atoms. The SMILES string of the molecule is CN(CC(=O)NCc1ccco1)C(=O)COC(=O)Cc1c(F)cccc1Cl.